The fraction of sp³-hybridized carbons (Fsp3) is 0.650. The van der Waals surface area contributed by atoms with E-state index in [1.807, 2.05) is 12.1 Å². The molecular formula is C20H33Cl2N3O2. The first kappa shape index (κ1) is 24.0. The molecule has 2 fully saturated rings. The molecule has 5 nitrogen and oxygen atoms in total. The molecule has 1 heterocycles. The molecule has 0 bridgehead atoms. The molecule has 154 valence electrons. The number of hydrogen-bond acceptors (Lipinski definition) is 4. The number of carbonyl (C=O) groups is 1. The third-order valence-electron chi connectivity index (χ3n) is 5.65. The molecule has 1 aromatic rings. The van der Waals surface area contributed by atoms with Crippen LogP contribution in [0, 0.1) is 5.92 Å². The van der Waals surface area contributed by atoms with Crippen LogP contribution in [0.25, 0.3) is 0 Å². The van der Waals surface area contributed by atoms with E-state index in [0.717, 1.165) is 38.1 Å². The summed E-state index contributed by atoms with van der Waals surface area (Å²) in [6.07, 6.45) is 6.48. The molecule has 1 aromatic carbocycles. The Labute approximate surface area is 175 Å². The second kappa shape index (κ2) is 11.7. The van der Waals surface area contributed by atoms with Gasteiger partial charge in [-0.1, -0.05) is 18.6 Å². The Hall–Kier alpha value is -1.01. The average Bonchev–Trinajstić information content (AvgIpc) is 3.10. The first-order valence-electron chi connectivity index (χ1n) is 9.58. The highest BCUT2D eigenvalue weighted by Crippen LogP contribution is 2.27. The maximum Gasteiger partial charge on any atom is 0.223 e. The van der Waals surface area contributed by atoms with Crippen LogP contribution in [0.1, 0.15) is 50.1 Å². The molecule has 0 spiro atoms. The van der Waals surface area contributed by atoms with Crippen molar-refractivity contribution in [1.29, 1.82) is 0 Å². The molecule has 1 saturated carbocycles. The number of nitrogens with zero attached hydrogens (tertiary/aromatic N) is 1. The number of ether oxygens (including phenoxy) is 1. The smallest absolute Gasteiger partial charge is 0.223 e. The van der Waals surface area contributed by atoms with E-state index in [9.17, 15) is 4.79 Å². The van der Waals surface area contributed by atoms with Crippen molar-refractivity contribution in [1.82, 2.24) is 10.2 Å². The van der Waals surface area contributed by atoms with Crippen LogP contribution in [-0.4, -0.2) is 43.6 Å². The number of nitrogens with one attached hydrogen (secondary N) is 1. The van der Waals surface area contributed by atoms with E-state index in [4.69, 9.17) is 10.5 Å². The Kier molecular flexibility index (Phi) is 10.5. The van der Waals surface area contributed by atoms with Crippen LogP contribution in [0.2, 0.25) is 0 Å². The summed E-state index contributed by atoms with van der Waals surface area (Å²) in [5.41, 5.74) is 7.20. The number of likely N-dealkylation sites (tertiary alicyclic amines) is 1. The predicted octanol–water partition coefficient (Wildman–Crippen LogP) is 3.31. The molecule has 3 unspecified atom stereocenters. The minimum atomic E-state index is 0. The number of hydrogen-bond donors (Lipinski definition) is 2. The van der Waals surface area contributed by atoms with E-state index in [1.165, 1.54) is 24.8 Å². The molecule has 1 aliphatic heterocycles. The van der Waals surface area contributed by atoms with Gasteiger partial charge in [-0.2, -0.15) is 0 Å². The second-order valence-electron chi connectivity index (χ2n) is 7.40. The van der Waals surface area contributed by atoms with Crippen LogP contribution in [0.3, 0.4) is 0 Å². The molecule has 1 amide bonds. The first-order chi connectivity index (χ1) is 12.2. The summed E-state index contributed by atoms with van der Waals surface area (Å²) in [7, 11) is 1.68. The topological polar surface area (TPSA) is 67.6 Å². The van der Waals surface area contributed by atoms with Gasteiger partial charge in [-0.25, -0.2) is 0 Å². The number of nitrogens with two attached hydrogens (primary N) is 1. The largest absolute Gasteiger partial charge is 0.497 e. The summed E-state index contributed by atoms with van der Waals surface area (Å²) in [6, 6.07) is 8.67. The van der Waals surface area contributed by atoms with Crippen molar-refractivity contribution in [3.8, 4) is 5.75 Å². The molecule has 0 radical (unpaired) electrons. The molecule has 3 rings (SSSR count). The number of benzene rings is 1. The van der Waals surface area contributed by atoms with Crippen LogP contribution in [0.4, 0.5) is 0 Å². The minimum absolute atomic E-state index is 0. The maximum absolute atomic E-state index is 12.5. The zero-order valence-electron chi connectivity index (χ0n) is 16.1. The second-order valence-corrected chi connectivity index (χ2v) is 7.40. The fourth-order valence-corrected chi connectivity index (χ4v) is 4.11. The van der Waals surface area contributed by atoms with Crippen molar-refractivity contribution in [2.75, 3.05) is 26.7 Å². The van der Waals surface area contributed by atoms with E-state index in [1.54, 1.807) is 7.11 Å². The van der Waals surface area contributed by atoms with Gasteiger partial charge in [0.1, 0.15) is 5.75 Å². The number of rotatable bonds is 6. The molecule has 3 N–H and O–H groups in total. The summed E-state index contributed by atoms with van der Waals surface area (Å²) in [4.78, 5) is 15.0. The van der Waals surface area contributed by atoms with Gasteiger partial charge < -0.3 is 15.8 Å². The van der Waals surface area contributed by atoms with Crippen molar-refractivity contribution in [2.24, 2.45) is 11.7 Å². The van der Waals surface area contributed by atoms with Gasteiger partial charge in [0.15, 0.2) is 0 Å². The molecule has 1 saturated heterocycles. The number of methoxy groups -OCH3 is 1. The highest BCUT2D eigenvalue weighted by atomic mass is 35.5. The summed E-state index contributed by atoms with van der Waals surface area (Å²) >= 11 is 0. The fourth-order valence-electron chi connectivity index (χ4n) is 4.11. The van der Waals surface area contributed by atoms with Crippen molar-refractivity contribution in [3.63, 3.8) is 0 Å². The van der Waals surface area contributed by atoms with Crippen LogP contribution >= 0.6 is 24.8 Å². The van der Waals surface area contributed by atoms with Gasteiger partial charge in [-0.05, 0) is 62.9 Å². The Balaban J connectivity index is 0.00000182. The quantitative estimate of drug-likeness (QED) is 0.744. The average molecular weight is 418 g/mol. The van der Waals surface area contributed by atoms with Crippen molar-refractivity contribution >= 4 is 30.7 Å². The predicted molar refractivity (Wildman–Crippen MR) is 114 cm³/mol. The molecule has 3 atom stereocenters. The van der Waals surface area contributed by atoms with Gasteiger partial charge in [0, 0.05) is 18.5 Å². The van der Waals surface area contributed by atoms with E-state index >= 15 is 0 Å². The number of amides is 1. The minimum Gasteiger partial charge on any atom is -0.497 e. The molecule has 1 aliphatic carbocycles. The summed E-state index contributed by atoms with van der Waals surface area (Å²) in [6.45, 7) is 2.86. The standard InChI is InChI=1S/C20H31N3O2.2ClH/c1-25-18-9-6-15(7-10-18)19(23-11-3-2-4-12-23)14-22-20(24)16-5-8-17(21)13-16;;/h6-7,9-10,16-17,19H,2-5,8,11-14,21H2,1H3,(H,22,24);2*1H. The third kappa shape index (κ3) is 6.53. The van der Waals surface area contributed by atoms with E-state index < -0.39 is 0 Å². The lowest BCUT2D eigenvalue weighted by atomic mass is 10.0. The third-order valence-corrected chi connectivity index (χ3v) is 5.65. The molecule has 27 heavy (non-hydrogen) atoms. The highest BCUT2D eigenvalue weighted by molar-refractivity contribution is 5.85. The Morgan fingerprint density at radius 3 is 2.41 bits per heavy atom. The summed E-state index contributed by atoms with van der Waals surface area (Å²) < 4.78 is 5.27. The Morgan fingerprint density at radius 2 is 1.85 bits per heavy atom. The van der Waals surface area contributed by atoms with Crippen molar-refractivity contribution in [3.05, 3.63) is 29.8 Å². The molecular weight excluding hydrogens is 385 g/mol. The molecule has 2 aliphatic rings. The van der Waals surface area contributed by atoms with E-state index in [-0.39, 0.29) is 48.7 Å². The van der Waals surface area contributed by atoms with Gasteiger partial charge in [0.05, 0.1) is 13.2 Å². The van der Waals surface area contributed by atoms with E-state index in [0.29, 0.717) is 6.54 Å². The van der Waals surface area contributed by atoms with Gasteiger partial charge in [0.2, 0.25) is 5.91 Å². The SMILES string of the molecule is COc1ccc(C(CNC(=O)C2CCC(N)C2)N2CCCCC2)cc1.Cl.Cl. The van der Waals surface area contributed by atoms with Gasteiger partial charge in [-0.3, -0.25) is 9.69 Å². The number of piperidine rings is 1. The van der Waals surface area contributed by atoms with Gasteiger partial charge in [-0.15, -0.1) is 24.8 Å². The normalized spacial score (nSPS) is 23.6. The lowest BCUT2D eigenvalue weighted by Crippen LogP contribution is -2.42. The Bertz CT molecular complexity index is 565. The molecule has 0 aromatic heterocycles. The first-order valence-corrected chi connectivity index (χ1v) is 9.58. The lowest BCUT2D eigenvalue weighted by Gasteiger charge is -2.35. The van der Waals surface area contributed by atoms with E-state index in [2.05, 4.69) is 22.3 Å². The van der Waals surface area contributed by atoms with Crippen LogP contribution in [-0.2, 0) is 4.79 Å². The molecule has 7 heteroatoms. The van der Waals surface area contributed by atoms with Crippen LogP contribution in [0.5, 0.6) is 5.75 Å². The summed E-state index contributed by atoms with van der Waals surface area (Å²) in [5.74, 6) is 1.13. The maximum atomic E-state index is 12.5. The van der Waals surface area contributed by atoms with Gasteiger partial charge >= 0.3 is 0 Å². The van der Waals surface area contributed by atoms with Crippen LogP contribution in [0.15, 0.2) is 24.3 Å². The monoisotopic (exact) mass is 417 g/mol. The Morgan fingerprint density at radius 1 is 1.19 bits per heavy atom. The number of halogens is 2. The zero-order valence-corrected chi connectivity index (χ0v) is 17.7. The highest BCUT2D eigenvalue weighted by Gasteiger charge is 2.29. The lowest BCUT2D eigenvalue weighted by molar-refractivity contribution is -0.125. The van der Waals surface area contributed by atoms with Crippen molar-refractivity contribution < 1.29 is 9.53 Å². The van der Waals surface area contributed by atoms with Crippen molar-refractivity contribution in [2.45, 2.75) is 50.6 Å². The zero-order chi connectivity index (χ0) is 17.6. The van der Waals surface area contributed by atoms with Crippen LogP contribution < -0.4 is 15.8 Å². The number of carbonyl (C=O) groups excluding carboxylic acids is 1. The van der Waals surface area contributed by atoms with Gasteiger partial charge in [0.25, 0.3) is 0 Å². The summed E-state index contributed by atoms with van der Waals surface area (Å²) in [5, 5.41) is 3.20.